The summed E-state index contributed by atoms with van der Waals surface area (Å²) in [5.41, 5.74) is 8.79. The van der Waals surface area contributed by atoms with E-state index in [9.17, 15) is 0 Å². The molecule has 0 bridgehead atoms. The quantitative estimate of drug-likeness (QED) is 0.759. The topological polar surface area (TPSA) is 47.7 Å². The van der Waals surface area contributed by atoms with Gasteiger partial charge in [-0.05, 0) is 26.3 Å². The highest BCUT2D eigenvalue weighted by Gasteiger charge is 2.27. The number of nitrogens with zero attached hydrogens (tertiary/aromatic N) is 1. The summed E-state index contributed by atoms with van der Waals surface area (Å²) < 4.78 is 10.6. The van der Waals surface area contributed by atoms with E-state index in [1.807, 2.05) is 0 Å². The van der Waals surface area contributed by atoms with Crippen LogP contribution in [0.2, 0.25) is 0 Å². The molecule has 1 rings (SSSR count). The van der Waals surface area contributed by atoms with Gasteiger partial charge >= 0.3 is 0 Å². The SMILES string of the molecule is COCCN(C(C)COC)C(c1ccc(C)cc1)C(C)N. The van der Waals surface area contributed by atoms with E-state index < -0.39 is 0 Å². The second-order valence-electron chi connectivity index (χ2n) is 5.75. The molecule has 0 saturated heterocycles. The molecule has 4 nitrogen and oxygen atoms in total. The molecule has 0 fully saturated rings. The van der Waals surface area contributed by atoms with Crippen LogP contribution < -0.4 is 5.73 Å². The molecule has 0 aliphatic heterocycles. The molecule has 0 aliphatic carbocycles. The maximum Gasteiger partial charge on any atom is 0.0615 e. The van der Waals surface area contributed by atoms with Crippen LogP contribution in [0.15, 0.2) is 24.3 Å². The van der Waals surface area contributed by atoms with Crippen molar-refractivity contribution in [3.63, 3.8) is 0 Å². The van der Waals surface area contributed by atoms with Gasteiger partial charge in [-0.2, -0.15) is 0 Å². The second-order valence-corrected chi connectivity index (χ2v) is 5.75. The first kappa shape index (κ1) is 18.1. The number of benzene rings is 1. The number of hydrogen-bond donors (Lipinski definition) is 1. The van der Waals surface area contributed by atoms with E-state index in [-0.39, 0.29) is 18.1 Å². The molecule has 21 heavy (non-hydrogen) atoms. The maximum atomic E-state index is 6.29. The minimum Gasteiger partial charge on any atom is -0.383 e. The van der Waals surface area contributed by atoms with Crippen molar-refractivity contribution in [3.8, 4) is 0 Å². The predicted octanol–water partition coefficient (Wildman–Crippen LogP) is 2.37. The fourth-order valence-corrected chi connectivity index (χ4v) is 2.73. The Morgan fingerprint density at radius 2 is 1.71 bits per heavy atom. The first-order valence-corrected chi connectivity index (χ1v) is 7.57. The van der Waals surface area contributed by atoms with Gasteiger partial charge in [0.1, 0.15) is 0 Å². The molecule has 3 atom stereocenters. The number of methoxy groups -OCH3 is 2. The molecular weight excluding hydrogens is 264 g/mol. The zero-order valence-electron chi connectivity index (χ0n) is 14.0. The Kier molecular flexibility index (Phi) is 7.89. The highest BCUT2D eigenvalue weighted by molar-refractivity contribution is 5.25. The smallest absolute Gasteiger partial charge is 0.0615 e. The summed E-state index contributed by atoms with van der Waals surface area (Å²) in [5.74, 6) is 0. The number of rotatable bonds is 9. The van der Waals surface area contributed by atoms with E-state index in [0.717, 1.165) is 6.54 Å². The molecule has 1 aromatic rings. The Balaban J connectivity index is 3.03. The first-order chi connectivity index (χ1) is 10.0. The van der Waals surface area contributed by atoms with Gasteiger partial charge in [0.15, 0.2) is 0 Å². The van der Waals surface area contributed by atoms with Crippen LogP contribution >= 0.6 is 0 Å². The minimum atomic E-state index is 0.0314. The van der Waals surface area contributed by atoms with Crippen molar-refractivity contribution in [2.75, 3.05) is 34.0 Å². The molecule has 2 N–H and O–H groups in total. The van der Waals surface area contributed by atoms with Crippen LogP contribution in [0.4, 0.5) is 0 Å². The van der Waals surface area contributed by atoms with Gasteiger partial charge in [-0.3, -0.25) is 4.90 Å². The van der Waals surface area contributed by atoms with Gasteiger partial charge in [-0.15, -0.1) is 0 Å². The van der Waals surface area contributed by atoms with Crippen LogP contribution in [-0.2, 0) is 9.47 Å². The Hall–Kier alpha value is -0.940. The lowest BCUT2D eigenvalue weighted by molar-refractivity contribution is 0.0400. The Morgan fingerprint density at radius 3 is 2.19 bits per heavy atom. The summed E-state index contributed by atoms with van der Waals surface area (Å²) in [6, 6.07) is 9.09. The van der Waals surface area contributed by atoms with Gasteiger partial charge in [-0.25, -0.2) is 0 Å². The molecular formula is C17H30N2O2. The van der Waals surface area contributed by atoms with Crippen LogP contribution in [0.3, 0.4) is 0 Å². The van der Waals surface area contributed by atoms with Crippen molar-refractivity contribution >= 4 is 0 Å². The van der Waals surface area contributed by atoms with E-state index in [4.69, 9.17) is 15.2 Å². The fraction of sp³-hybridized carbons (Fsp3) is 0.647. The summed E-state index contributed by atoms with van der Waals surface area (Å²) in [6.45, 7) is 8.52. The van der Waals surface area contributed by atoms with Crippen LogP contribution in [-0.4, -0.2) is 51.0 Å². The summed E-state index contributed by atoms with van der Waals surface area (Å²) in [6.07, 6.45) is 0. The lowest BCUT2D eigenvalue weighted by Gasteiger charge is -2.38. The largest absolute Gasteiger partial charge is 0.383 e. The van der Waals surface area contributed by atoms with Gasteiger partial charge in [0.25, 0.3) is 0 Å². The summed E-state index contributed by atoms with van der Waals surface area (Å²) in [4.78, 5) is 2.38. The Bertz CT molecular complexity index is 392. The standard InChI is InChI=1S/C17H30N2O2/c1-13-6-8-16(9-7-13)17(15(3)18)19(10-11-20-4)14(2)12-21-5/h6-9,14-15,17H,10-12,18H2,1-5H3. The van der Waals surface area contributed by atoms with Crippen molar-refractivity contribution in [1.29, 1.82) is 0 Å². The number of aryl methyl sites for hydroxylation is 1. The summed E-state index contributed by atoms with van der Waals surface area (Å²) >= 11 is 0. The molecule has 0 saturated carbocycles. The lowest BCUT2D eigenvalue weighted by atomic mass is 9.97. The third-order valence-corrected chi connectivity index (χ3v) is 3.80. The van der Waals surface area contributed by atoms with Gasteiger partial charge in [-0.1, -0.05) is 29.8 Å². The molecule has 3 unspecified atom stereocenters. The Morgan fingerprint density at radius 1 is 1.10 bits per heavy atom. The number of ether oxygens (including phenoxy) is 2. The molecule has 0 aliphatic rings. The molecule has 0 spiro atoms. The van der Waals surface area contributed by atoms with Crippen molar-refractivity contribution in [2.45, 2.75) is 38.9 Å². The molecule has 0 amide bonds. The van der Waals surface area contributed by atoms with E-state index in [2.05, 4.69) is 49.9 Å². The van der Waals surface area contributed by atoms with Crippen LogP contribution in [0.1, 0.15) is 31.0 Å². The zero-order chi connectivity index (χ0) is 15.8. The fourth-order valence-electron chi connectivity index (χ4n) is 2.73. The molecule has 0 aromatic heterocycles. The van der Waals surface area contributed by atoms with Crippen LogP contribution in [0, 0.1) is 6.92 Å². The average Bonchev–Trinajstić information content (AvgIpc) is 2.44. The summed E-state index contributed by atoms with van der Waals surface area (Å²) in [5, 5.41) is 0. The average molecular weight is 294 g/mol. The van der Waals surface area contributed by atoms with E-state index in [1.165, 1.54) is 11.1 Å². The van der Waals surface area contributed by atoms with E-state index in [1.54, 1.807) is 14.2 Å². The van der Waals surface area contributed by atoms with Crippen LogP contribution in [0.25, 0.3) is 0 Å². The van der Waals surface area contributed by atoms with Gasteiger partial charge in [0.2, 0.25) is 0 Å². The Labute approximate surface area is 129 Å². The first-order valence-electron chi connectivity index (χ1n) is 7.57. The monoisotopic (exact) mass is 294 g/mol. The van der Waals surface area contributed by atoms with Crippen LogP contribution in [0.5, 0.6) is 0 Å². The summed E-state index contributed by atoms with van der Waals surface area (Å²) in [7, 11) is 3.46. The molecule has 1 aromatic carbocycles. The third kappa shape index (κ3) is 5.40. The molecule has 4 heteroatoms. The van der Waals surface area contributed by atoms with E-state index >= 15 is 0 Å². The molecule has 0 radical (unpaired) electrons. The minimum absolute atomic E-state index is 0.0314. The van der Waals surface area contributed by atoms with Crippen molar-refractivity contribution < 1.29 is 9.47 Å². The highest BCUT2D eigenvalue weighted by atomic mass is 16.5. The number of nitrogens with two attached hydrogens (primary N) is 1. The van der Waals surface area contributed by atoms with Gasteiger partial charge in [0, 0.05) is 32.8 Å². The second kappa shape index (κ2) is 9.15. The lowest BCUT2D eigenvalue weighted by Crippen LogP contribution is -2.47. The highest BCUT2D eigenvalue weighted by Crippen LogP contribution is 2.26. The number of hydrogen-bond acceptors (Lipinski definition) is 4. The van der Waals surface area contributed by atoms with Crippen molar-refractivity contribution in [2.24, 2.45) is 5.73 Å². The normalized spacial score (nSPS) is 16.0. The zero-order valence-corrected chi connectivity index (χ0v) is 14.0. The van der Waals surface area contributed by atoms with E-state index in [0.29, 0.717) is 13.2 Å². The van der Waals surface area contributed by atoms with Gasteiger partial charge < -0.3 is 15.2 Å². The van der Waals surface area contributed by atoms with Crippen molar-refractivity contribution in [3.05, 3.63) is 35.4 Å². The molecule has 120 valence electrons. The molecule has 0 heterocycles. The maximum absolute atomic E-state index is 6.29. The van der Waals surface area contributed by atoms with Crippen molar-refractivity contribution in [1.82, 2.24) is 4.90 Å². The third-order valence-electron chi connectivity index (χ3n) is 3.80. The predicted molar refractivity (Wildman–Crippen MR) is 87.5 cm³/mol. The van der Waals surface area contributed by atoms with Gasteiger partial charge in [0.05, 0.1) is 19.3 Å².